The average Bonchev–Trinajstić information content (AvgIpc) is 2.55. The molecule has 0 aliphatic carbocycles. The second kappa shape index (κ2) is 8.06. The number of carbonyl (C=O) groups is 2. The van der Waals surface area contributed by atoms with E-state index in [4.69, 9.17) is 0 Å². The lowest BCUT2D eigenvalue weighted by atomic mass is 10.0. The Kier molecular flexibility index (Phi) is 5.84. The van der Waals surface area contributed by atoms with E-state index in [1.54, 1.807) is 12.1 Å². The van der Waals surface area contributed by atoms with Crippen molar-refractivity contribution in [2.24, 2.45) is 5.10 Å². The number of nitrogens with one attached hydrogen (secondary N) is 2. The van der Waals surface area contributed by atoms with Gasteiger partial charge in [-0.05, 0) is 41.7 Å². The van der Waals surface area contributed by atoms with Crippen molar-refractivity contribution in [2.45, 2.75) is 26.7 Å². The predicted molar refractivity (Wildman–Crippen MR) is 96.1 cm³/mol. The molecule has 0 aromatic heterocycles. The third kappa shape index (κ3) is 5.05. The summed E-state index contributed by atoms with van der Waals surface area (Å²) < 4.78 is 0. The Morgan fingerprint density at radius 2 is 1.75 bits per heavy atom. The van der Waals surface area contributed by atoms with Gasteiger partial charge in [-0.15, -0.1) is 0 Å². The highest BCUT2D eigenvalue weighted by atomic mass is 16.2. The van der Waals surface area contributed by atoms with Crippen molar-refractivity contribution < 1.29 is 9.59 Å². The van der Waals surface area contributed by atoms with Crippen LogP contribution in [0.4, 0.5) is 5.69 Å². The lowest BCUT2D eigenvalue weighted by molar-refractivity contribution is -0.136. The van der Waals surface area contributed by atoms with E-state index in [1.165, 1.54) is 11.8 Å². The van der Waals surface area contributed by atoms with Gasteiger partial charge in [0.2, 0.25) is 0 Å². The molecule has 2 amide bonds. The van der Waals surface area contributed by atoms with Crippen molar-refractivity contribution in [2.75, 3.05) is 5.32 Å². The number of aryl methyl sites for hydroxylation is 1. The molecule has 0 aliphatic rings. The van der Waals surface area contributed by atoms with Crippen molar-refractivity contribution in [1.82, 2.24) is 5.43 Å². The highest BCUT2D eigenvalue weighted by Gasteiger charge is 2.12. The van der Waals surface area contributed by atoms with E-state index in [1.807, 2.05) is 43.3 Å². The zero-order valence-corrected chi connectivity index (χ0v) is 14.0. The minimum Gasteiger partial charge on any atom is -0.318 e. The highest BCUT2D eigenvalue weighted by molar-refractivity contribution is 6.39. The normalized spacial score (nSPS) is 10.8. The number of hydrogen-bond acceptors (Lipinski definition) is 3. The van der Waals surface area contributed by atoms with Crippen LogP contribution in [0, 0.1) is 6.92 Å². The fourth-order valence-electron chi connectivity index (χ4n) is 2.09. The standard InChI is InChI=1S/C19H21N3O2/c1-13(2)16-9-7-15(8-10-16)12-20-22-19(24)18(23)21-17-6-4-5-14(3)11-17/h4-13H,1-3H3,(H,21,23)(H,22,24)/b20-12+. The van der Waals surface area contributed by atoms with Crippen LogP contribution in [0.25, 0.3) is 0 Å². The Hall–Kier alpha value is -2.95. The molecule has 0 atom stereocenters. The molecule has 0 unspecified atom stereocenters. The number of benzene rings is 2. The Labute approximate surface area is 141 Å². The third-order valence-electron chi connectivity index (χ3n) is 3.47. The molecule has 124 valence electrons. The van der Waals surface area contributed by atoms with Crippen LogP contribution in [0.5, 0.6) is 0 Å². The Morgan fingerprint density at radius 3 is 2.38 bits per heavy atom. The molecule has 5 heteroatoms. The smallest absolute Gasteiger partial charge is 0.318 e. The second-order valence-corrected chi connectivity index (χ2v) is 5.84. The fraction of sp³-hybridized carbons (Fsp3) is 0.211. The molecule has 2 rings (SSSR count). The van der Waals surface area contributed by atoms with Gasteiger partial charge in [0.15, 0.2) is 0 Å². The first-order chi connectivity index (χ1) is 11.5. The molecule has 0 saturated heterocycles. The van der Waals surface area contributed by atoms with Crippen molar-refractivity contribution in [3.8, 4) is 0 Å². The van der Waals surface area contributed by atoms with E-state index in [-0.39, 0.29) is 0 Å². The summed E-state index contributed by atoms with van der Waals surface area (Å²) in [5.74, 6) is -1.11. The van der Waals surface area contributed by atoms with Gasteiger partial charge in [-0.2, -0.15) is 5.10 Å². The summed E-state index contributed by atoms with van der Waals surface area (Å²) in [6.45, 7) is 6.15. The first-order valence-electron chi connectivity index (χ1n) is 7.76. The van der Waals surface area contributed by atoms with Gasteiger partial charge < -0.3 is 5.32 Å². The molecule has 0 saturated carbocycles. The molecule has 5 nitrogen and oxygen atoms in total. The first kappa shape index (κ1) is 17.4. The summed E-state index contributed by atoms with van der Waals surface area (Å²) in [4.78, 5) is 23.5. The number of nitrogens with zero attached hydrogens (tertiary/aromatic N) is 1. The minimum absolute atomic E-state index is 0.459. The summed E-state index contributed by atoms with van der Waals surface area (Å²) in [5, 5.41) is 6.34. The number of rotatable bonds is 4. The van der Waals surface area contributed by atoms with Gasteiger partial charge in [0.05, 0.1) is 6.21 Å². The molecule has 0 fully saturated rings. The summed E-state index contributed by atoms with van der Waals surface area (Å²) in [7, 11) is 0. The maximum absolute atomic E-state index is 11.8. The van der Waals surface area contributed by atoms with Crippen LogP contribution in [-0.4, -0.2) is 18.0 Å². The van der Waals surface area contributed by atoms with Crippen LogP contribution in [0.3, 0.4) is 0 Å². The van der Waals surface area contributed by atoms with Crippen molar-refractivity contribution in [3.05, 3.63) is 65.2 Å². The average molecular weight is 323 g/mol. The second-order valence-electron chi connectivity index (χ2n) is 5.84. The van der Waals surface area contributed by atoms with Crippen LogP contribution in [0.2, 0.25) is 0 Å². The molecule has 0 spiro atoms. The predicted octanol–water partition coefficient (Wildman–Crippen LogP) is 3.21. The number of hydrazone groups is 1. The van der Waals surface area contributed by atoms with Gasteiger partial charge in [0.1, 0.15) is 0 Å². The quantitative estimate of drug-likeness (QED) is 0.515. The van der Waals surface area contributed by atoms with E-state index in [2.05, 4.69) is 29.7 Å². The number of hydrogen-bond donors (Lipinski definition) is 2. The van der Waals surface area contributed by atoms with Crippen LogP contribution in [-0.2, 0) is 9.59 Å². The van der Waals surface area contributed by atoms with E-state index >= 15 is 0 Å². The van der Waals surface area contributed by atoms with Crippen LogP contribution >= 0.6 is 0 Å². The number of amides is 2. The Morgan fingerprint density at radius 1 is 1.04 bits per heavy atom. The molecule has 2 aromatic rings. The molecule has 0 radical (unpaired) electrons. The van der Waals surface area contributed by atoms with E-state index < -0.39 is 11.8 Å². The van der Waals surface area contributed by atoms with Gasteiger partial charge in [-0.3, -0.25) is 9.59 Å². The summed E-state index contributed by atoms with van der Waals surface area (Å²) >= 11 is 0. The SMILES string of the molecule is Cc1cccc(NC(=O)C(=O)N/N=C/c2ccc(C(C)C)cc2)c1. The van der Waals surface area contributed by atoms with Crippen LogP contribution < -0.4 is 10.7 Å². The first-order valence-corrected chi connectivity index (χ1v) is 7.76. The van der Waals surface area contributed by atoms with Crippen molar-refractivity contribution >= 4 is 23.7 Å². The van der Waals surface area contributed by atoms with Gasteiger partial charge in [0, 0.05) is 5.69 Å². The molecule has 0 bridgehead atoms. The van der Waals surface area contributed by atoms with Crippen molar-refractivity contribution in [1.29, 1.82) is 0 Å². The fourth-order valence-corrected chi connectivity index (χ4v) is 2.09. The molecule has 0 aliphatic heterocycles. The maximum atomic E-state index is 11.8. The van der Waals surface area contributed by atoms with Gasteiger partial charge >= 0.3 is 11.8 Å². The third-order valence-corrected chi connectivity index (χ3v) is 3.47. The largest absolute Gasteiger partial charge is 0.329 e. The van der Waals surface area contributed by atoms with Gasteiger partial charge in [-0.25, -0.2) is 5.43 Å². The zero-order chi connectivity index (χ0) is 17.5. The van der Waals surface area contributed by atoms with Crippen molar-refractivity contribution in [3.63, 3.8) is 0 Å². The lowest BCUT2D eigenvalue weighted by Gasteiger charge is -2.05. The zero-order valence-electron chi connectivity index (χ0n) is 14.0. The van der Waals surface area contributed by atoms with E-state index in [0.717, 1.165) is 11.1 Å². The monoisotopic (exact) mass is 323 g/mol. The number of anilines is 1. The van der Waals surface area contributed by atoms with E-state index in [9.17, 15) is 9.59 Å². The highest BCUT2D eigenvalue weighted by Crippen LogP contribution is 2.13. The molecular formula is C19H21N3O2. The Balaban J connectivity index is 1.88. The maximum Gasteiger partial charge on any atom is 0.329 e. The summed E-state index contributed by atoms with van der Waals surface area (Å²) in [6, 6.07) is 15.1. The minimum atomic E-state index is -0.813. The van der Waals surface area contributed by atoms with Gasteiger partial charge in [0.25, 0.3) is 0 Å². The summed E-state index contributed by atoms with van der Waals surface area (Å²) in [6.07, 6.45) is 1.50. The topological polar surface area (TPSA) is 70.6 Å². The van der Waals surface area contributed by atoms with Crippen LogP contribution in [0.1, 0.15) is 36.5 Å². The molecular weight excluding hydrogens is 302 g/mol. The summed E-state index contributed by atoms with van der Waals surface area (Å²) in [5.41, 5.74) is 5.87. The molecule has 0 heterocycles. The van der Waals surface area contributed by atoms with E-state index in [0.29, 0.717) is 11.6 Å². The van der Waals surface area contributed by atoms with Gasteiger partial charge in [-0.1, -0.05) is 50.2 Å². The molecule has 24 heavy (non-hydrogen) atoms. The van der Waals surface area contributed by atoms with Crippen LogP contribution in [0.15, 0.2) is 53.6 Å². The number of carbonyl (C=O) groups excluding carboxylic acids is 2. The lowest BCUT2D eigenvalue weighted by Crippen LogP contribution is -2.32. The molecule has 2 N–H and O–H groups in total. The molecule has 2 aromatic carbocycles. The Bertz CT molecular complexity index is 749.